The minimum absolute atomic E-state index is 0.0105. The summed E-state index contributed by atoms with van der Waals surface area (Å²) in [7, 11) is 0. The van der Waals surface area contributed by atoms with Crippen molar-refractivity contribution in [1.82, 2.24) is 0 Å². The molecule has 1 N–H and O–H groups in total. The number of alkyl halides is 3. The average Bonchev–Trinajstić information content (AvgIpc) is 2.67. The standard InChI is InChI=1S/C20H13ClF3N3O2/c1-3-29-11(2)14-7-13(10-26)16(20(22,23)24)8-18(14)27-19(28)15-6-12(9-25)4-5-17(15)21/h4-8H,2-3H2,1H3,(H,27,28). The van der Waals surface area contributed by atoms with Gasteiger partial charge in [-0.2, -0.15) is 23.7 Å². The van der Waals surface area contributed by atoms with E-state index in [1.807, 2.05) is 6.07 Å². The molecule has 0 aliphatic carbocycles. The first kappa shape index (κ1) is 21.8. The molecule has 0 saturated carbocycles. The maximum absolute atomic E-state index is 13.3. The Labute approximate surface area is 169 Å². The largest absolute Gasteiger partial charge is 0.494 e. The lowest BCUT2D eigenvalue weighted by molar-refractivity contribution is -0.137. The smallest absolute Gasteiger partial charge is 0.417 e. The molecule has 0 heterocycles. The maximum atomic E-state index is 13.3. The molecule has 1 amide bonds. The van der Waals surface area contributed by atoms with Crippen molar-refractivity contribution in [2.75, 3.05) is 11.9 Å². The van der Waals surface area contributed by atoms with E-state index < -0.39 is 23.2 Å². The lowest BCUT2D eigenvalue weighted by Gasteiger charge is -2.18. The Morgan fingerprint density at radius 2 is 1.90 bits per heavy atom. The number of carbonyl (C=O) groups excluding carboxylic acids is 1. The maximum Gasteiger partial charge on any atom is 0.417 e. The number of anilines is 1. The van der Waals surface area contributed by atoms with Gasteiger partial charge in [0.05, 0.1) is 51.7 Å². The Kier molecular flexibility index (Phi) is 6.53. The van der Waals surface area contributed by atoms with Gasteiger partial charge in [0.25, 0.3) is 5.91 Å². The predicted octanol–water partition coefficient (Wildman–Crippen LogP) is 5.36. The van der Waals surface area contributed by atoms with Gasteiger partial charge in [0.15, 0.2) is 0 Å². The average molecular weight is 420 g/mol. The van der Waals surface area contributed by atoms with Crippen LogP contribution in [0.1, 0.15) is 39.5 Å². The van der Waals surface area contributed by atoms with Crippen LogP contribution in [0.15, 0.2) is 36.9 Å². The molecule has 0 aromatic heterocycles. The molecule has 2 aromatic carbocycles. The van der Waals surface area contributed by atoms with E-state index in [2.05, 4.69) is 11.9 Å². The highest BCUT2D eigenvalue weighted by Crippen LogP contribution is 2.37. The van der Waals surface area contributed by atoms with E-state index in [4.69, 9.17) is 26.9 Å². The third-order valence-electron chi connectivity index (χ3n) is 3.79. The van der Waals surface area contributed by atoms with E-state index >= 15 is 0 Å². The van der Waals surface area contributed by atoms with Crippen molar-refractivity contribution in [3.63, 3.8) is 0 Å². The Bertz CT molecular complexity index is 1070. The first-order chi connectivity index (χ1) is 13.6. The summed E-state index contributed by atoms with van der Waals surface area (Å²) in [6.07, 6.45) is -4.83. The summed E-state index contributed by atoms with van der Waals surface area (Å²) in [4.78, 5) is 12.6. The van der Waals surface area contributed by atoms with Gasteiger partial charge in [0.2, 0.25) is 0 Å². The number of halogens is 4. The zero-order valence-corrected chi connectivity index (χ0v) is 15.8. The zero-order valence-electron chi connectivity index (χ0n) is 15.0. The molecule has 0 aliphatic heterocycles. The third kappa shape index (κ3) is 4.87. The van der Waals surface area contributed by atoms with Crippen molar-refractivity contribution in [1.29, 1.82) is 10.5 Å². The van der Waals surface area contributed by atoms with Gasteiger partial charge < -0.3 is 10.1 Å². The summed E-state index contributed by atoms with van der Waals surface area (Å²) < 4.78 is 45.3. The second kappa shape index (κ2) is 8.68. The van der Waals surface area contributed by atoms with Crippen LogP contribution < -0.4 is 5.32 Å². The highest BCUT2D eigenvalue weighted by Gasteiger charge is 2.35. The van der Waals surface area contributed by atoms with Crippen molar-refractivity contribution in [2.45, 2.75) is 13.1 Å². The molecule has 148 valence electrons. The van der Waals surface area contributed by atoms with Crippen LogP contribution in [0.25, 0.3) is 5.76 Å². The second-order valence-electron chi connectivity index (χ2n) is 5.67. The third-order valence-corrected chi connectivity index (χ3v) is 4.12. The van der Waals surface area contributed by atoms with E-state index in [0.29, 0.717) is 6.07 Å². The van der Waals surface area contributed by atoms with E-state index in [1.165, 1.54) is 24.3 Å². The minimum atomic E-state index is -4.83. The number of nitrogens with one attached hydrogen (secondary N) is 1. The van der Waals surface area contributed by atoms with Crippen molar-refractivity contribution >= 4 is 29.0 Å². The fraction of sp³-hybridized carbons (Fsp3) is 0.150. The Hall–Kier alpha value is -3.49. The molecular formula is C20H13ClF3N3O2. The number of hydrogen-bond acceptors (Lipinski definition) is 4. The second-order valence-corrected chi connectivity index (χ2v) is 6.08. The number of nitriles is 2. The zero-order chi connectivity index (χ0) is 21.8. The molecule has 0 unspecified atom stereocenters. The lowest BCUT2D eigenvalue weighted by Crippen LogP contribution is -2.16. The summed E-state index contributed by atoms with van der Waals surface area (Å²) in [5.74, 6) is -0.861. The molecule has 0 spiro atoms. The van der Waals surface area contributed by atoms with Crippen LogP contribution >= 0.6 is 11.6 Å². The number of benzene rings is 2. The van der Waals surface area contributed by atoms with Gasteiger partial charge in [-0.15, -0.1) is 0 Å². The Morgan fingerprint density at radius 3 is 2.45 bits per heavy atom. The number of nitrogens with zero attached hydrogens (tertiary/aromatic N) is 2. The van der Waals surface area contributed by atoms with Crippen molar-refractivity contribution in [3.8, 4) is 12.1 Å². The molecule has 0 aliphatic rings. The SMILES string of the molecule is C=C(OCC)c1cc(C#N)c(C(F)(F)F)cc1NC(=O)c1cc(C#N)ccc1Cl. The van der Waals surface area contributed by atoms with Gasteiger partial charge in [-0.1, -0.05) is 18.2 Å². The fourth-order valence-corrected chi connectivity index (χ4v) is 2.67. The monoisotopic (exact) mass is 419 g/mol. The van der Waals surface area contributed by atoms with Crippen LogP contribution in [0.4, 0.5) is 18.9 Å². The summed E-state index contributed by atoms with van der Waals surface area (Å²) >= 11 is 5.98. The highest BCUT2D eigenvalue weighted by molar-refractivity contribution is 6.34. The summed E-state index contributed by atoms with van der Waals surface area (Å²) in [5.41, 5.74) is -2.07. The molecule has 0 fully saturated rings. The molecule has 29 heavy (non-hydrogen) atoms. The van der Waals surface area contributed by atoms with Crippen LogP contribution in [0, 0.1) is 22.7 Å². The normalized spacial score (nSPS) is 10.6. The summed E-state index contributed by atoms with van der Waals surface area (Å²) in [6, 6.07) is 8.85. The van der Waals surface area contributed by atoms with Gasteiger partial charge in [0, 0.05) is 5.56 Å². The molecule has 0 saturated heterocycles. The predicted molar refractivity (Wildman–Crippen MR) is 101 cm³/mol. The van der Waals surface area contributed by atoms with Crippen molar-refractivity contribution < 1.29 is 22.7 Å². The van der Waals surface area contributed by atoms with Gasteiger partial charge in [0.1, 0.15) is 5.76 Å². The molecule has 0 bridgehead atoms. The van der Waals surface area contributed by atoms with E-state index in [-0.39, 0.29) is 39.8 Å². The highest BCUT2D eigenvalue weighted by atomic mass is 35.5. The first-order valence-electron chi connectivity index (χ1n) is 8.10. The van der Waals surface area contributed by atoms with Gasteiger partial charge in [-0.3, -0.25) is 4.79 Å². The van der Waals surface area contributed by atoms with E-state index in [0.717, 1.165) is 6.07 Å². The van der Waals surface area contributed by atoms with Crippen LogP contribution in [-0.2, 0) is 10.9 Å². The lowest BCUT2D eigenvalue weighted by atomic mass is 10.0. The molecule has 0 atom stereocenters. The summed E-state index contributed by atoms with van der Waals surface area (Å²) in [6.45, 7) is 5.45. The number of hydrogen-bond donors (Lipinski definition) is 1. The summed E-state index contributed by atoms with van der Waals surface area (Å²) in [5, 5.41) is 20.4. The van der Waals surface area contributed by atoms with Crippen molar-refractivity contribution in [2.24, 2.45) is 0 Å². The van der Waals surface area contributed by atoms with Gasteiger partial charge >= 0.3 is 6.18 Å². The van der Waals surface area contributed by atoms with Crippen molar-refractivity contribution in [3.05, 3.63) is 69.8 Å². The van der Waals surface area contributed by atoms with Crippen LogP contribution in [0.3, 0.4) is 0 Å². The van der Waals surface area contributed by atoms with Crippen LogP contribution in [0.5, 0.6) is 0 Å². The fourth-order valence-electron chi connectivity index (χ4n) is 2.47. The molecule has 2 aromatic rings. The van der Waals surface area contributed by atoms with Gasteiger partial charge in [-0.05, 0) is 37.3 Å². The Balaban J connectivity index is 2.60. The molecule has 9 heteroatoms. The first-order valence-corrected chi connectivity index (χ1v) is 8.48. The molecule has 5 nitrogen and oxygen atoms in total. The number of rotatable bonds is 5. The molecular weight excluding hydrogens is 407 g/mol. The quantitative estimate of drug-likeness (QED) is 0.661. The number of amides is 1. The molecule has 0 radical (unpaired) electrons. The number of carbonyl (C=O) groups is 1. The number of ether oxygens (including phenoxy) is 1. The molecule has 2 rings (SSSR count). The van der Waals surface area contributed by atoms with E-state index in [1.54, 1.807) is 6.92 Å². The minimum Gasteiger partial charge on any atom is -0.494 e. The van der Waals surface area contributed by atoms with Gasteiger partial charge in [-0.25, -0.2) is 0 Å². The van der Waals surface area contributed by atoms with Crippen LogP contribution in [-0.4, -0.2) is 12.5 Å². The Morgan fingerprint density at radius 1 is 1.21 bits per heavy atom. The topological polar surface area (TPSA) is 85.9 Å². The van der Waals surface area contributed by atoms with Crippen LogP contribution in [0.2, 0.25) is 5.02 Å². The van der Waals surface area contributed by atoms with E-state index in [9.17, 15) is 18.0 Å².